The summed E-state index contributed by atoms with van der Waals surface area (Å²) in [6, 6.07) is 0.926. The number of aliphatic carboxylic acids is 1. The zero-order valence-corrected chi connectivity index (χ0v) is 60.3. The number of allylic oxidation sites excluding steroid dienone is 3. The van der Waals surface area contributed by atoms with Gasteiger partial charge >= 0.3 is 17.9 Å². The van der Waals surface area contributed by atoms with Crippen LogP contribution in [0.5, 0.6) is 5.75 Å². The third-order valence-electron chi connectivity index (χ3n) is 17.6. The van der Waals surface area contributed by atoms with Crippen LogP contribution in [0.25, 0.3) is 0 Å². The van der Waals surface area contributed by atoms with E-state index < -0.39 is 145 Å². The molecule has 0 radical (unpaired) electrons. The zero-order chi connectivity index (χ0) is 74.6. The Morgan fingerprint density at radius 3 is 2.33 bits per heavy atom. The number of amides is 4. The van der Waals surface area contributed by atoms with Gasteiger partial charge in [-0.3, -0.25) is 62.4 Å². The van der Waals surface area contributed by atoms with Gasteiger partial charge in [0.15, 0.2) is 18.0 Å². The molecule has 5 rings (SSSR count). The third kappa shape index (κ3) is 26.0. The van der Waals surface area contributed by atoms with Gasteiger partial charge in [0.1, 0.15) is 65.3 Å². The summed E-state index contributed by atoms with van der Waals surface area (Å²) in [5, 5.41) is 34.3. The van der Waals surface area contributed by atoms with Crippen LogP contribution in [0.4, 0.5) is 5.69 Å². The number of anilines is 1. The summed E-state index contributed by atoms with van der Waals surface area (Å²) in [4.78, 5) is 162. The molecule has 3 aliphatic rings. The Morgan fingerprint density at radius 2 is 1.66 bits per heavy atom. The van der Waals surface area contributed by atoms with Crippen LogP contribution in [0.2, 0.25) is 5.02 Å². The van der Waals surface area contributed by atoms with E-state index in [4.69, 9.17) is 66.1 Å². The van der Waals surface area contributed by atoms with Gasteiger partial charge < -0.3 is 80.0 Å². The number of carbonyl (C=O) groups excluding carboxylic acids is 11. The van der Waals surface area contributed by atoms with Gasteiger partial charge in [-0.05, 0) is 83.4 Å². The van der Waals surface area contributed by atoms with Crippen molar-refractivity contribution in [2.24, 2.45) is 34.2 Å². The highest BCUT2D eigenvalue weighted by Gasteiger charge is 2.64. The van der Waals surface area contributed by atoms with Crippen molar-refractivity contribution < 1.29 is 106 Å². The third-order valence-corrected chi connectivity index (χ3v) is 20.3. The molecule has 0 saturated carbocycles. The largest absolute Gasteiger partial charge is 0.495 e. The normalized spacial score (nSPS) is 22.8. The summed E-state index contributed by atoms with van der Waals surface area (Å²) >= 11 is 6.85. The van der Waals surface area contributed by atoms with Crippen molar-refractivity contribution >= 4 is 117 Å². The molecule has 0 aliphatic carbocycles. The number of aliphatic hydroxyl groups is 1. The highest BCUT2D eigenvalue weighted by Crippen LogP contribution is 2.50. The Kier molecular flexibility index (Phi) is 33.9. The number of methoxy groups -OCH3 is 2. The van der Waals surface area contributed by atoms with E-state index in [1.807, 2.05) is 13.0 Å². The number of unbranched alkanes of at least 4 members (excludes halogenated alkanes) is 1. The van der Waals surface area contributed by atoms with Crippen molar-refractivity contribution in [2.75, 3.05) is 64.5 Å². The maximum absolute atomic E-state index is 14.5. The van der Waals surface area contributed by atoms with Crippen LogP contribution >= 0.6 is 33.2 Å². The second-order valence-corrected chi connectivity index (χ2v) is 28.2. The number of epoxide rings is 1. The Hall–Kier alpha value is -8.18. The predicted molar refractivity (Wildman–Crippen MR) is 367 cm³/mol. The number of hydrogen-bond donors (Lipinski definition) is 6. The molecule has 32 nitrogen and oxygen atoms in total. The summed E-state index contributed by atoms with van der Waals surface area (Å²) < 4.78 is 46.2. The number of hydrogen-bond acceptors (Lipinski definition) is 26. The smallest absolute Gasteiger partial charge is 0.328 e. The molecular formula is C66H93ClN10O22S2. The number of nitrogens with two attached hydrogens (primary N) is 2. The number of Topliss-reactive ketones (excluding diaryl/α,β-unsaturated/α-hetero) is 2. The van der Waals surface area contributed by atoms with Crippen molar-refractivity contribution in [1.82, 2.24) is 30.5 Å². The summed E-state index contributed by atoms with van der Waals surface area (Å²) in [5.41, 5.74) is 10.5. The van der Waals surface area contributed by atoms with Gasteiger partial charge in [-0.1, -0.05) is 69.1 Å². The van der Waals surface area contributed by atoms with E-state index in [1.165, 1.54) is 45.0 Å². The minimum Gasteiger partial charge on any atom is -0.495 e. The fourth-order valence-corrected chi connectivity index (χ4v) is 14.0. The van der Waals surface area contributed by atoms with Gasteiger partial charge in [-0.25, -0.2) is 4.79 Å². The van der Waals surface area contributed by atoms with E-state index in [2.05, 4.69) is 25.9 Å². The molecule has 0 unspecified atom stereocenters. The number of carbonyl (C=O) groups is 12. The SMILES string of the molecule is COc1cc2cc(c1Cl)N(C)C(=O)C[C@H](OC(=O)[C@H](C)N(C)C(=O)CCSSC[C@H](NC(=O)[C@H](COC=O)CC(=O)[C@H](CCCN=C(N)N)NC(=O)[C@H](COC=O)CC(=O)CCCCn1cc(CCCC(=O)O)nn1)OC=O)[C@@]1(C)O[C@H]1[C@H](C)[C@@H]1C[C@@](O)(CC(=O)O1)[C@H](OC)/C=C/C=C(\C)C2. The highest BCUT2D eigenvalue weighted by molar-refractivity contribution is 8.76. The molecule has 3 aliphatic heterocycles. The van der Waals surface area contributed by atoms with Crippen LogP contribution < -0.4 is 31.7 Å². The quantitative estimate of drug-likeness (QED) is 0.00641. The molecule has 4 bridgehead atoms. The first-order valence-corrected chi connectivity index (χ1v) is 35.7. The molecule has 2 aromatic rings. The zero-order valence-electron chi connectivity index (χ0n) is 57.9. The van der Waals surface area contributed by atoms with Crippen molar-refractivity contribution in [3.8, 4) is 5.75 Å². The van der Waals surface area contributed by atoms with Gasteiger partial charge in [-0.2, -0.15) is 0 Å². The molecule has 35 heteroatoms. The highest BCUT2D eigenvalue weighted by atomic mass is 35.5. The molecule has 12 atom stereocenters. The van der Waals surface area contributed by atoms with Crippen LogP contribution in [0.15, 0.2) is 47.1 Å². The molecular weight excluding hydrogens is 1380 g/mol. The van der Waals surface area contributed by atoms with E-state index in [9.17, 15) is 62.6 Å². The van der Waals surface area contributed by atoms with E-state index in [-0.39, 0.29) is 106 Å². The fourth-order valence-electron chi connectivity index (χ4n) is 11.6. The number of guanidine groups is 1. The number of likely N-dealkylation sites (N-methyl/N-ethyl adjacent to an activating group) is 1. The van der Waals surface area contributed by atoms with Crippen LogP contribution in [0, 0.1) is 17.8 Å². The molecule has 1 aromatic carbocycles. The number of esters is 2. The van der Waals surface area contributed by atoms with Crippen molar-refractivity contribution in [1.29, 1.82) is 0 Å². The number of ketones is 2. The van der Waals surface area contributed by atoms with Crippen LogP contribution in [-0.4, -0.2) is 222 Å². The lowest BCUT2D eigenvalue weighted by molar-refractivity contribution is -0.187. The first kappa shape index (κ1) is 83.5. The minimum absolute atomic E-state index is 0.0103. The number of carboxylic acids is 1. The van der Waals surface area contributed by atoms with Gasteiger partial charge in [0, 0.05) is 90.7 Å². The standard InChI is InChI=1S/C66H93ClN10O22S2/c1-39-14-11-18-52(93-8)66(91)30-51(97-58(87)31-66)40(2)60-65(4,99-60)53(29-56(84)76(6)48-25-42(24-39)26-50(92-7)59(48)67)98-63(90)41(3)75(5)55(83)20-23-100-101-35-54(96-38-80)72-62(89)44(34-95-37-79)28-49(82)47(17-13-21-70-64(68)69)71-61(88)43(33-94-36-78)27-46(81)16-9-10-22-77-32-45(73-74-77)15-12-19-57(85)86/h11,14,18,25-26,32,36-38,40-41,43-44,47,51-54,60,91H,9-10,12-13,15-17,19-24,27-31,33-35H2,1-8H3,(H,71,88)(H,72,89)(H,85,86)(H4,68,69,70)/b18-11+,39-14+/t40-,41+,43+,44+,47+,51+,52-,53+,54-,60+,65-,66-/m1/s1. The Bertz CT molecular complexity index is 3320. The van der Waals surface area contributed by atoms with Gasteiger partial charge in [-0.15, -0.1) is 5.10 Å². The van der Waals surface area contributed by atoms with Gasteiger partial charge in [0.25, 0.3) is 19.4 Å². The number of aliphatic imine (C=N–C) groups is 1. The molecule has 2 saturated heterocycles. The molecule has 4 heterocycles. The average molecular weight is 1480 g/mol. The number of aromatic nitrogens is 3. The van der Waals surface area contributed by atoms with Crippen LogP contribution in [0.1, 0.15) is 122 Å². The molecule has 101 heavy (non-hydrogen) atoms. The van der Waals surface area contributed by atoms with Crippen molar-refractivity contribution in [3.63, 3.8) is 0 Å². The number of halogens is 1. The predicted octanol–water partition coefficient (Wildman–Crippen LogP) is 3.06. The molecule has 8 N–H and O–H groups in total. The number of nitrogens with zero attached hydrogens (tertiary/aromatic N) is 6. The first-order valence-electron chi connectivity index (χ1n) is 32.8. The Labute approximate surface area is 598 Å². The summed E-state index contributed by atoms with van der Waals surface area (Å²) in [6.45, 7) is 6.24. The van der Waals surface area contributed by atoms with E-state index in [0.717, 1.165) is 32.7 Å². The monoisotopic (exact) mass is 1480 g/mol. The second kappa shape index (κ2) is 41.1. The van der Waals surface area contributed by atoms with Crippen LogP contribution in [-0.2, 0) is 110 Å². The van der Waals surface area contributed by atoms with Gasteiger partial charge in [0.2, 0.25) is 23.6 Å². The number of nitrogens with one attached hydrogen (secondary N) is 2. The van der Waals surface area contributed by atoms with Crippen molar-refractivity contribution in [3.05, 3.63) is 58.4 Å². The molecule has 558 valence electrons. The number of carboxylic acid groups (broad SMARTS) is 1. The maximum atomic E-state index is 14.5. The minimum atomic E-state index is -1.68. The molecule has 0 spiro atoms. The van der Waals surface area contributed by atoms with E-state index in [1.54, 1.807) is 49.0 Å². The van der Waals surface area contributed by atoms with Crippen LogP contribution in [0.3, 0.4) is 0 Å². The Balaban J connectivity index is 1.20. The number of ether oxygens (including phenoxy) is 8. The van der Waals surface area contributed by atoms with E-state index in [0.29, 0.717) is 55.8 Å². The molecule has 1 aromatic heterocycles. The summed E-state index contributed by atoms with van der Waals surface area (Å²) in [6.07, 6.45) is 1.88. The lowest BCUT2D eigenvalue weighted by Gasteiger charge is -2.41. The second-order valence-electron chi connectivity index (χ2n) is 25.2. The number of rotatable bonds is 41. The first-order chi connectivity index (χ1) is 48.0. The maximum Gasteiger partial charge on any atom is 0.328 e. The fraction of sp³-hybridized carbons (Fsp3) is 0.621. The molecule has 2 fully saturated rings. The summed E-state index contributed by atoms with van der Waals surface area (Å²) in [7, 11) is 8.00. The lowest BCUT2D eigenvalue weighted by atomic mass is 9.78. The number of benzene rings is 1. The lowest BCUT2D eigenvalue weighted by Crippen LogP contribution is -2.53. The van der Waals surface area contributed by atoms with Crippen molar-refractivity contribution in [2.45, 2.75) is 184 Å². The topological polar surface area (TPSA) is 448 Å². The van der Waals surface area contributed by atoms with Gasteiger partial charge in [0.05, 0.1) is 61.1 Å². The number of fused-ring (bicyclic) bond motifs is 5. The Morgan fingerprint density at radius 1 is 0.960 bits per heavy atom. The molecule has 4 amide bonds. The summed E-state index contributed by atoms with van der Waals surface area (Å²) in [5.74, 6) is -9.53. The average Bonchev–Trinajstić information content (AvgIpc) is 1.58. The number of aryl methyl sites for hydroxylation is 2. The van der Waals surface area contributed by atoms with E-state index >= 15 is 0 Å².